The van der Waals surface area contributed by atoms with E-state index in [1.165, 1.54) is 9.96 Å². The van der Waals surface area contributed by atoms with E-state index in [0.29, 0.717) is 30.1 Å². The zero-order valence-electron chi connectivity index (χ0n) is 18.5. The van der Waals surface area contributed by atoms with Crippen molar-refractivity contribution in [3.63, 3.8) is 0 Å². The zero-order valence-corrected chi connectivity index (χ0v) is 18.5. The molecule has 174 valence electrons. The molecule has 0 spiro atoms. The highest BCUT2D eigenvalue weighted by Crippen LogP contribution is 2.45. The second kappa shape index (κ2) is 8.33. The van der Waals surface area contributed by atoms with E-state index in [-0.39, 0.29) is 19.3 Å². The summed E-state index contributed by atoms with van der Waals surface area (Å²) >= 11 is 0. The second-order valence-electron chi connectivity index (χ2n) is 8.83. The highest BCUT2D eigenvalue weighted by molar-refractivity contribution is 5.87. The van der Waals surface area contributed by atoms with Crippen molar-refractivity contribution >= 4 is 12.0 Å². The number of nitrogens with zero attached hydrogens (tertiary/aromatic N) is 2. The van der Waals surface area contributed by atoms with Crippen LogP contribution in [0.1, 0.15) is 42.6 Å². The summed E-state index contributed by atoms with van der Waals surface area (Å²) in [6.45, 7) is 4.88. The molecule has 3 aliphatic heterocycles. The SMILES string of the molecule is CC1(C)OCC(COc2ccc3c(c2)[C@@H]2CN(C(=O)N2OCc2ccccc2)[C@H]3C(=O)O)O1. The molecule has 2 aromatic rings. The number of carboxylic acid groups (broad SMARTS) is 1. The van der Waals surface area contributed by atoms with Gasteiger partial charge in [0.15, 0.2) is 11.8 Å². The highest BCUT2D eigenvalue weighted by atomic mass is 16.7. The largest absolute Gasteiger partial charge is 0.491 e. The maximum absolute atomic E-state index is 13.0. The minimum atomic E-state index is -1.08. The summed E-state index contributed by atoms with van der Waals surface area (Å²) in [5.41, 5.74) is 2.18. The number of carboxylic acids is 1. The Morgan fingerprint density at radius 1 is 1.18 bits per heavy atom. The van der Waals surface area contributed by atoms with Gasteiger partial charge in [0.05, 0.1) is 13.2 Å². The third-order valence-corrected chi connectivity index (χ3v) is 6.06. The van der Waals surface area contributed by atoms with Crippen molar-refractivity contribution in [3.05, 3.63) is 65.2 Å². The van der Waals surface area contributed by atoms with Crippen molar-refractivity contribution in [2.75, 3.05) is 19.8 Å². The molecule has 2 fully saturated rings. The first-order valence-electron chi connectivity index (χ1n) is 10.9. The van der Waals surface area contributed by atoms with E-state index in [2.05, 4.69) is 0 Å². The fourth-order valence-electron chi connectivity index (χ4n) is 4.55. The van der Waals surface area contributed by atoms with E-state index in [1.54, 1.807) is 18.2 Å². The van der Waals surface area contributed by atoms with Crippen LogP contribution < -0.4 is 4.74 Å². The zero-order chi connectivity index (χ0) is 23.2. The van der Waals surface area contributed by atoms with Gasteiger partial charge in [0.25, 0.3) is 0 Å². The van der Waals surface area contributed by atoms with Gasteiger partial charge >= 0.3 is 12.0 Å². The topological polar surface area (TPSA) is 97.8 Å². The molecule has 2 bridgehead atoms. The van der Waals surface area contributed by atoms with Gasteiger partial charge in [-0.15, -0.1) is 0 Å². The molecule has 1 unspecified atom stereocenters. The van der Waals surface area contributed by atoms with Crippen molar-refractivity contribution in [1.82, 2.24) is 9.96 Å². The number of hydrogen-bond acceptors (Lipinski definition) is 6. The summed E-state index contributed by atoms with van der Waals surface area (Å²) in [6.07, 6.45) is -0.197. The third-order valence-electron chi connectivity index (χ3n) is 6.06. The normalized spacial score (nSPS) is 25.3. The maximum Gasteiger partial charge on any atom is 0.345 e. The Kier molecular flexibility index (Phi) is 5.48. The molecule has 3 atom stereocenters. The van der Waals surface area contributed by atoms with E-state index in [9.17, 15) is 14.7 Å². The van der Waals surface area contributed by atoms with Crippen LogP contribution in [-0.4, -0.2) is 58.7 Å². The van der Waals surface area contributed by atoms with E-state index in [4.69, 9.17) is 19.0 Å². The fraction of sp³-hybridized carbons (Fsp3) is 0.417. The number of urea groups is 1. The van der Waals surface area contributed by atoms with Gasteiger partial charge in [-0.05, 0) is 42.7 Å². The van der Waals surface area contributed by atoms with Crippen molar-refractivity contribution < 1.29 is 33.7 Å². The molecule has 3 aliphatic rings. The lowest BCUT2D eigenvalue weighted by atomic mass is 9.91. The van der Waals surface area contributed by atoms with Crippen LogP contribution in [0.2, 0.25) is 0 Å². The van der Waals surface area contributed by atoms with Crippen LogP contribution in [0.15, 0.2) is 48.5 Å². The van der Waals surface area contributed by atoms with E-state index < -0.39 is 29.9 Å². The summed E-state index contributed by atoms with van der Waals surface area (Å²) in [4.78, 5) is 32.3. The van der Waals surface area contributed by atoms with Crippen molar-refractivity contribution in [3.8, 4) is 5.75 Å². The predicted molar refractivity (Wildman–Crippen MR) is 115 cm³/mol. The van der Waals surface area contributed by atoms with Crippen LogP contribution in [0.25, 0.3) is 0 Å². The van der Waals surface area contributed by atoms with E-state index >= 15 is 0 Å². The van der Waals surface area contributed by atoms with Gasteiger partial charge in [-0.25, -0.2) is 9.59 Å². The molecule has 2 aromatic carbocycles. The molecule has 9 nitrogen and oxygen atoms in total. The molecule has 2 amide bonds. The molecular weight excluding hydrogens is 428 g/mol. The highest BCUT2D eigenvalue weighted by Gasteiger charge is 2.51. The molecule has 0 aliphatic carbocycles. The molecule has 0 radical (unpaired) electrons. The Bertz CT molecular complexity index is 1060. The van der Waals surface area contributed by atoms with Crippen LogP contribution in [0.4, 0.5) is 4.79 Å². The van der Waals surface area contributed by atoms with Crippen LogP contribution in [-0.2, 0) is 25.7 Å². The van der Waals surface area contributed by atoms with Gasteiger partial charge < -0.3 is 24.2 Å². The molecule has 0 aromatic heterocycles. The van der Waals surface area contributed by atoms with Gasteiger partial charge in [-0.1, -0.05) is 36.4 Å². The number of fused-ring (bicyclic) bond motifs is 4. The van der Waals surface area contributed by atoms with Gasteiger partial charge in [0, 0.05) is 0 Å². The molecule has 1 N–H and O–H groups in total. The molecule has 3 heterocycles. The Labute approximate surface area is 191 Å². The minimum Gasteiger partial charge on any atom is -0.491 e. The summed E-state index contributed by atoms with van der Waals surface area (Å²) in [5.74, 6) is -1.15. The molecule has 33 heavy (non-hydrogen) atoms. The lowest BCUT2D eigenvalue weighted by Gasteiger charge is -2.30. The predicted octanol–water partition coefficient (Wildman–Crippen LogP) is 3.27. The Morgan fingerprint density at radius 2 is 1.97 bits per heavy atom. The molecular formula is C24H26N2O7. The Morgan fingerprint density at radius 3 is 2.67 bits per heavy atom. The number of benzene rings is 2. The van der Waals surface area contributed by atoms with E-state index in [0.717, 1.165) is 5.56 Å². The summed E-state index contributed by atoms with van der Waals surface area (Å²) < 4.78 is 17.3. The molecule has 5 rings (SSSR count). The number of amides is 2. The average Bonchev–Trinajstić information content (AvgIpc) is 3.28. The number of rotatable bonds is 7. The Hall–Kier alpha value is -3.14. The summed E-state index contributed by atoms with van der Waals surface area (Å²) in [5, 5.41) is 11.2. The molecule has 2 saturated heterocycles. The first-order valence-corrected chi connectivity index (χ1v) is 10.9. The van der Waals surface area contributed by atoms with Crippen molar-refractivity contribution in [2.24, 2.45) is 0 Å². The minimum absolute atomic E-state index is 0.197. The molecule has 9 heteroatoms. The third kappa shape index (κ3) is 4.15. The van der Waals surface area contributed by atoms with Crippen LogP contribution in [0, 0.1) is 0 Å². The van der Waals surface area contributed by atoms with Crippen molar-refractivity contribution in [2.45, 2.75) is 44.4 Å². The monoisotopic (exact) mass is 454 g/mol. The first kappa shape index (κ1) is 21.7. The van der Waals surface area contributed by atoms with E-state index in [1.807, 2.05) is 44.2 Å². The number of ether oxygens (including phenoxy) is 3. The van der Waals surface area contributed by atoms with Gasteiger partial charge in [-0.2, -0.15) is 5.06 Å². The van der Waals surface area contributed by atoms with Crippen LogP contribution >= 0.6 is 0 Å². The number of carbonyl (C=O) groups excluding carboxylic acids is 1. The smallest absolute Gasteiger partial charge is 0.345 e. The lowest BCUT2D eigenvalue weighted by Crippen LogP contribution is -2.38. The maximum atomic E-state index is 13.0. The lowest BCUT2D eigenvalue weighted by molar-refractivity contribution is -0.143. The van der Waals surface area contributed by atoms with Crippen LogP contribution in [0.5, 0.6) is 5.75 Å². The quantitative estimate of drug-likeness (QED) is 0.686. The van der Waals surface area contributed by atoms with Crippen molar-refractivity contribution in [1.29, 1.82) is 0 Å². The number of hydrogen-bond donors (Lipinski definition) is 1. The first-order chi connectivity index (χ1) is 15.8. The van der Waals surface area contributed by atoms with Gasteiger partial charge in [0.1, 0.15) is 31.1 Å². The number of carbonyl (C=O) groups is 2. The molecule has 0 saturated carbocycles. The van der Waals surface area contributed by atoms with Gasteiger partial charge in [-0.3, -0.25) is 4.84 Å². The summed E-state index contributed by atoms with van der Waals surface area (Å²) in [6, 6.07) is 12.8. The fourth-order valence-corrected chi connectivity index (χ4v) is 4.55. The number of aliphatic carboxylic acids is 1. The Balaban J connectivity index is 1.38. The van der Waals surface area contributed by atoms with Gasteiger partial charge in [0.2, 0.25) is 0 Å². The number of hydroxylamine groups is 2. The standard InChI is InChI=1S/C24H26N2O7/c1-24(2)31-14-17(33-24)13-30-16-8-9-18-19(10-16)20-11-25(21(18)22(27)28)23(29)26(20)32-12-15-6-4-3-5-7-15/h3-10,17,20-21H,11-14H2,1-2H3,(H,27,28)/t17?,20-,21+/m0/s1. The van der Waals surface area contributed by atoms with Crippen LogP contribution in [0.3, 0.4) is 0 Å². The summed E-state index contributed by atoms with van der Waals surface area (Å²) in [7, 11) is 0. The second-order valence-corrected chi connectivity index (χ2v) is 8.83. The average molecular weight is 454 g/mol.